The summed E-state index contributed by atoms with van der Waals surface area (Å²) in [5.41, 5.74) is 3.01. The van der Waals surface area contributed by atoms with Crippen LogP contribution in [0.25, 0.3) is 6.08 Å². The molecule has 4 nitrogen and oxygen atoms in total. The minimum Gasteiger partial charge on any atom is -0.497 e. The topological polar surface area (TPSA) is 32.8 Å². The average molecular weight is 397 g/mol. The average Bonchev–Trinajstić information content (AvgIpc) is 3.32. The summed E-state index contributed by atoms with van der Waals surface area (Å²) < 4.78 is 5.72. The van der Waals surface area contributed by atoms with Gasteiger partial charge in [-0.05, 0) is 60.9 Å². The fraction of sp³-hybridized carbons (Fsp3) is 0.238. The fourth-order valence-electron chi connectivity index (χ4n) is 3.33. The van der Waals surface area contributed by atoms with Crippen molar-refractivity contribution in [3.63, 3.8) is 0 Å². The summed E-state index contributed by atoms with van der Waals surface area (Å²) in [5, 5.41) is 0. The van der Waals surface area contributed by atoms with Crippen LogP contribution < -0.4 is 14.5 Å². The normalized spacial score (nSPS) is 18.6. The van der Waals surface area contributed by atoms with Gasteiger partial charge in [0.05, 0.1) is 17.7 Å². The van der Waals surface area contributed by atoms with Gasteiger partial charge in [-0.15, -0.1) is 0 Å². The molecule has 6 heteroatoms. The van der Waals surface area contributed by atoms with Crippen LogP contribution in [0.1, 0.15) is 18.4 Å². The summed E-state index contributed by atoms with van der Waals surface area (Å²) in [6.07, 6.45) is 4.43. The first kappa shape index (κ1) is 18.1. The molecule has 0 aliphatic carbocycles. The smallest absolute Gasteiger partial charge is 0.270 e. The molecule has 2 saturated heterocycles. The molecule has 4 rings (SSSR count). The second-order valence-electron chi connectivity index (χ2n) is 6.50. The molecule has 138 valence electrons. The number of benzene rings is 2. The second-order valence-corrected chi connectivity index (χ2v) is 8.18. The maximum atomic E-state index is 12.9. The monoisotopic (exact) mass is 396 g/mol. The van der Waals surface area contributed by atoms with Crippen molar-refractivity contribution < 1.29 is 9.53 Å². The van der Waals surface area contributed by atoms with Crippen molar-refractivity contribution >= 4 is 51.7 Å². The first-order valence-corrected chi connectivity index (χ1v) is 10.2. The van der Waals surface area contributed by atoms with Crippen LogP contribution in [0.5, 0.6) is 5.75 Å². The zero-order valence-electron chi connectivity index (χ0n) is 15.1. The lowest BCUT2D eigenvalue weighted by molar-refractivity contribution is -0.113. The van der Waals surface area contributed by atoms with Crippen LogP contribution in [0.15, 0.2) is 53.4 Å². The number of methoxy groups -OCH3 is 1. The van der Waals surface area contributed by atoms with Gasteiger partial charge in [0.1, 0.15) is 5.75 Å². The van der Waals surface area contributed by atoms with Crippen LogP contribution in [0.4, 0.5) is 11.4 Å². The third kappa shape index (κ3) is 3.73. The number of ether oxygens (including phenoxy) is 1. The highest BCUT2D eigenvalue weighted by molar-refractivity contribution is 8.27. The van der Waals surface area contributed by atoms with Crippen molar-refractivity contribution in [3.05, 3.63) is 59.0 Å². The molecule has 1 amide bonds. The Kier molecular flexibility index (Phi) is 5.18. The molecule has 0 saturated carbocycles. The van der Waals surface area contributed by atoms with E-state index < -0.39 is 0 Å². The largest absolute Gasteiger partial charge is 0.497 e. The van der Waals surface area contributed by atoms with E-state index in [2.05, 4.69) is 29.2 Å². The molecule has 2 fully saturated rings. The van der Waals surface area contributed by atoms with Crippen LogP contribution in [-0.4, -0.2) is 30.4 Å². The first-order valence-electron chi connectivity index (χ1n) is 8.93. The van der Waals surface area contributed by atoms with Crippen LogP contribution in [-0.2, 0) is 4.79 Å². The van der Waals surface area contributed by atoms with Crippen molar-refractivity contribution in [2.45, 2.75) is 12.8 Å². The summed E-state index contributed by atoms with van der Waals surface area (Å²) in [4.78, 5) is 17.5. The predicted molar refractivity (Wildman–Crippen MR) is 117 cm³/mol. The zero-order chi connectivity index (χ0) is 18.8. The van der Waals surface area contributed by atoms with Gasteiger partial charge in [-0.25, -0.2) is 0 Å². The highest BCUT2D eigenvalue weighted by Gasteiger charge is 2.33. The lowest BCUT2D eigenvalue weighted by Crippen LogP contribution is -2.27. The Bertz CT molecular complexity index is 885. The fourth-order valence-corrected chi connectivity index (χ4v) is 4.63. The molecular weight excluding hydrogens is 376 g/mol. The van der Waals surface area contributed by atoms with E-state index in [0.717, 1.165) is 30.1 Å². The molecule has 2 aliphatic rings. The molecule has 0 unspecified atom stereocenters. The van der Waals surface area contributed by atoms with E-state index in [1.807, 2.05) is 30.3 Å². The van der Waals surface area contributed by atoms with E-state index in [4.69, 9.17) is 17.0 Å². The van der Waals surface area contributed by atoms with Crippen LogP contribution in [0.2, 0.25) is 0 Å². The molecule has 0 radical (unpaired) electrons. The Morgan fingerprint density at radius 2 is 1.63 bits per heavy atom. The Morgan fingerprint density at radius 1 is 1.00 bits per heavy atom. The van der Waals surface area contributed by atoms with Crippen LogP contribution >= 0.6 is 24.0 Å². The number of carbonyl (C=O) groups is 1. The summed E-state index contributed by atoms with van der Waals surface area (Å²) in [6, 6.07) is 15.7. The number of amides is 1. The van der Waals surface area contributed by atoms with Gasteiger partial charge in [0, 0.05) is 18.8 Å². The van der Waals surface area contributed by atoms with Gasteiger partial charge < -0.3 is 9.64 Å². The van der Waals surface area contributed by atoms with E-state index in [1.54, 1.807) is 12.0 Å². The number of nitrogens with zero attached hydrogens (tertiary/aromatic N) is 2. The maximum absolute atomic E-state index is 12.9. The minimum atomic E-state index is -0.0845. The second kappa shape index (κ2) is 7.74. The number of hydrogen-bond donors (Lipinski definition) is 0. The summed E-state index contributed by atoms with van der Waals surface area (Å²) in [5.74, 6) is 0.664. The zero-order valence-corrected chi connectivity index (χ0v) is 16.7. The highest BCUT2D eigenvalue weighted by atomic mass is 32.2. The molecule has 0 N–H and O–H groups in total. The molecule has 0 spiro atoms. The van der Waals surface area contributed by atoms with Gasteiger partial charge >= 0.3 is 0 Å². The number of rotatable bonds is 4. The molecule has 2 heterocycles. The van der Waals surface area contributed by atoms with Crippen molar-refractivity contribution in [1.29, 1.82) is 0 Å². The summed E-state index contributed by atoms with van der Waals surface area (Å²) in [7, 11) is 1.62. The molecule has 2 aromatic carbocycles. The maximum Gasteiger partial charge on any atom is 0.270 e. The first-order chi connectivity index (χ1) is 13.2. The predicted octanol–water partition coefficient (Wildman–Crippen LogP) is 4.70. The van der Waals surface area contributed by atoms with E-state index in [-0.39, 0.29) is 5.91 Å². The number of anilines is 2. The minimum absolute atomic E-state index is 0.0845. The van der Waals surface area contributed by atoms with E-state index in [1.165, 1.54) is 30.3 Å². The Morgan fingerprint density at radius 3 is 2.26 bits per heavy atom. The van der Waals surface area contributed by atoms with Crippen LogP contribution in [0.3, 0.4) is 0 Å². The SMILES string of the molecule is COc1ccc(N2C(=O)/C(=C/c3ccc(N4CCCC4)cc3)SC2=S)cc1. The van der Waals surface area contributed by atoms with Crippen molar-refractivity contribution in [2.75, 3.05) is 30.0 Å². The standard InChI is InChI=1S/C21H20N2O2S2/c1-25-18-10-8-17(9-11-18)23-20(24)19(27-21(23)26)14-15-4-6-16(7-5-15)22-12-2-3-13-22/h4-11,14H,2-3,12-13H2,1H3/b19-14-. The molecule has 0 bridgehead atoms. The summed E-state index contributed by atoms with van der Waals surface area (Å²) in [6.45, 7) is 2.25. The van der Waals surface area contributed by atoms with E-state index in [9.17, 15) is 4.79 Å². The molecule has 0 atom stereocenters. The quantitative estimate of drug-likeness (QED) is 0.552. The molecule has 27 heavy (non-hydrogen) atoms. The van der Waals surface area contributed by atoms with E-state index >= 15 is 0 Å². The van der Waals surface area contributed by atoms with Gasteiger partial charge in [0.2, 0.25) is 0 Å². The van der Waals surface area contributed by atoms with Crippen molar-refractivity contribution in [1.82, 2.24) is 0 Å². The number of hydrogen-bond acceptors (Lipinski definition) is 5. The van der Waals surface area contributed by atoms with Gasteiger partial charge in [0.25, 0.3) is 5.91 Å². The van der Waals surface area contributed by atoms with Gasteiger partial charge in [-0.1, -0.05) is 36.1 Å². The van der Waals surface area contributed by atoms with Gasteiger partial charge in [0.15, 0.2) is 4.32 Å². The molecule has 2 aliphatic heterocycles. The lowest BCUT2D eigenvalue weighted by Gasteiger charge is -2.17. The number of thioether (sulfide) groups is 1. The lowest BCUT2D eigenvalue weighted by atomic mass is 10.1. The highest BCUT2D eigenvalue weighted by Crippen LogP contribution is 2.36. The van der Waals surface area contributed by atoms with Crippen molar-refractivity contribution in [2.24, 2.45) is 0 Å². The number of carbonyl (C=O) groups excluding carboxylic acids is 1. The Hall–Kier alpha value is -2.31. The van der Waals surface area contributed by atoms with Gasteiger partial charge in [-0.2, -0.15) is 0 Å². The Labute approximate surface area is 168 Å². The molecule has 0 aromatic heterocycles. The molecule has 2 aromatic rings. The van der Waals surface area contributed by atoms with E-state index in [0.29, 0.717) is 9.23 Å². The third-order valence-corrected chi connectivity index (χ3v) is 6.09. The summed E-state index contributed by atoms with van der Waals surface area (Å²) >= 11 is 6.77. The van der Waals surface area contributed by atoms with Crippen LogP contribution in [0, 0.1) is 0 Å². The third-order valence-electron chi connectivity index (χ3n) is 4.79. The number of thiocarbonyl (C=S) groups is 1. The van der Waals surface area contributed by atoms with Crippen molar-refractivity contribution in [3.8, 4) is 5.75 Å². The Balaban J connectivity index is 1.53. The molecular formula is C21H20N2O2S2. The van der Waals surface area contributed by atoms with Gasteiger partial charge in [-0.3, -0.25) is 9.69 Å².